The standard InChI is InChI=1S/C30H33N7O3/c1-3-30(38)35-26-16-23(37-11-9-36(4-2)10-12-37)6-7-24(26)34-29-17-25(22(18-31)20-33-29)32-19-21-5-8-27-28(15-21)40-14-13-39-27/h3,5-8,15-17,20H,1,4,9-14,19H2,2H3,(H,35,38)(H2,32,33,34). The number of benzene rings is 2. The maximum Gasteiger partial charge on any atom is 0.247 e. The number of fused-ring (bicyclic) bond motifs is 1. The number of piperazine rings is 1. The molecule has 40 heavy (non-hydrogen) atoms. The number of anilines is 5. The Hall–Kier alpha value is -4.75. The fraction of sp³-hybridized carbons (Fsp3) is 0.300. The minimum absolute atomic E-state index is 0.300. The van der Waals surface area contributed by atoms with Gasteiger partial charge in [0.15, 0.2) is 11.5 Å². The van der Waals surface area contributed by atoms with E-state index in [9.17, 15) is 10.1 Å². The lowest BCUT2D eigenvalue weighted by Crippen LogP contribution is -2.46. The van der Waals surface area contributed by atoms with E-state index in [1.807, 2.05) is 36.4 Å². The fourth-order valence-electron chi connectivity index (χ4n) is 4.74. The predicted octanol–water partition coefficient (Wildman–Crippen LogP) is 4.35. The van der Waals surface area contributed by atoms with Crippen LogP contribution in [0, 0.1) is 11.3 Å². The number of rotatable bonds is 9. The number of hydrogen-bond donors (Lipinski definition) is 3. The van der Waals surface area contributed by atoms with Gasteiger partial charge in [-0.15, -0.1) is 0 Å². The maximum absolute atomic E-state index is 12.2. The van der Waals surface area contributed by atoms with Crippen molar-refractivity contribution in [3.05, 3.63) is 72.4 Å². The maximum atomic E-state index is 12.2. The van der Waals surface area contributed by atoms with E-state index in [1.165, 1.54) is 12.3 Å². The monoisotopic (exact) mass is 539 g/mol. The van der Waals surface area contributed by atoms with E-state index in [2.05, 4.69) is 50.3 Å². The number of aromatic nitrogens is 1. The van der Waals surface area contributed by atoms with E-state index in [0.29, 0.717) is 54.0 Å². The Labute approximate surface area is 234 Å². The van der Waals surface area contributed by atoms with Gasteiger partial charge in [0, 0.05) is 50.7 Å². The van der Waals surface area contributed by atoms with Gasteiger partial charge < -0.3 is 35.2 Å². The lowest BCUT2D eigenvalue weighted by molar-refractivity contribution is -0.111. The first kappa shape index (κ1) is 26.8. The number of hydrogen-bond acceptors (Lipinski definition) is 9. The van der Waals surface area contributed by atoms with E-state index in [1.54, 1.807) is 6.07 Å². The molecule has 0 atom stereocenters. The molecule has 206 valence electrons. The summed E-state index contributed by atoms with van der Waals surface area (Å²) < 4.78 is 11.3. The van der Waals surface area contributed by atoms with E-state index >= 15 is 0 Å². The molecule has 10 heteroatoms. The first-order valence-corrected chi connectivity index (χ1v) is 13.4. The van der Waals surface area contributed by atoms with Crippen molar-refractivity contribution in [1.82, 2.24) is 9.88 Å². The van der Waals surface area contributed by atoms with Gasteiger partial charge in [-0.25, -0.2) is 4.98 Å². The normalized spacial score (nSPS) is 14.7. The summed E-state index contributed by atoms with van der Waals surface area (Å²) in [7, 11) is 0. The van der Waals surface area contributed by atoms with E-state index in [-0.39, 0.29) is 5.91 Å². The van der Waals surface area contributed by atoms with Gasteiger partial charge >= 0.3 is 0 Å². The average Bonchev–Trinajstić information content (AvgIpc) is 3.00. The second kappa shape index (κ2) is 12.4. The first-order valence-electron chi connectivity index (χ1n) is 13.4. The highest BCUT2D eigenvalue weighted by Crippen LogP contribution is 2.33. The number of likely N-dealkylation sites (N-methyl/N-ethyl adjacent to an activating group) is 1. The fourth-order valence-corrected chi connectivity index (χ4v) is 4.74. The van der Waals surface area contributed by atoms with Crippen LogP contribution in [0.1, 0.15) is 18.1 Å². The van der Waals surface area contributed by atoms with Gasteiger partial charge in [0.05, 0.1) is 22.6 Å². The summed E-state index contributed by atoms with van der Waals surface area (Å²) in [5.41, 5.74) is 4.39. The molecule has 0 radical (unpaired) electrons. The zero-order chi connectivity index (χ0) is 27.9. The molecule has 1 saturated heterocycles. The largest absolute Gasteiger partial charge is 0.486 e. The molecule has 3 N–H and O–H groups in total. The van der Waals surface area contributed by atoms with Crippen molar-refractivity contribution >= 4 is 34.5 Å². The van der Waals surface area contributed by atoms with Crippen molar-refractivity contribution < 1.29 is 14.3 Å². The number of nitriles is 1. The van der Waals surface area contributed by atoms with Crippen LogP contribution >= 0.6 is 0 Å². The number of nitrogens with one attached hydrogen (secondary N) is 3. The molecule has 0 saturated carbocycles. The Morgan fingerprint density at radius 2 is 1.85 bits per heavy atom. The predicted molar refractivity (Wildman–Crippen MR) is 157 cm³/mol. The van der Waals surface area contributed by atoms with Crippen LogP contribution in [0.5, 0.6) is 11.5 Å². The summed E-state index contributed by atoms with van der Waals surface area (Å²) in [5, 5.41) is 19.2. The summed E-state index contributed by atoms with van der Waals surface area (Å²) >= 11 is 0. The van der Waals surface area contributed by atoms with Crippen LogP contribution in [0.25, 0.3) is 0 Å². The molecule has 2 aliphatic rings. The summed E-state index contributed by atoms with van der Waals surface area (Å²) in [6, 6.07) is 15.7. The first-order chi connectivity index (χ1) is 19.6. The Kier molecular flexibility index (Phi) is 8.32. The molecule has 0 unspecified atom stereocenters. The van der Waals surface area contributed by atoms with Gasteiger partial charge in [-0.05, 0) is 48.5 Å². The molecule has 3 heterocycles. The molecule has 0 bridgehead atoms. The Morgan fingerprint density at radius 3 is 2.60 bits per heavy atom. The molecule has 10 nitrogen and oxygen atoms in total. The molecule has 1 amide bonds. The topological polar surface area (TPSA) is 115 Å². The summed E-state index contributed by atoms with van der Waals surface area (Å²) in [5.74, 6) is 1.68. The zero-order valence-corrected chi connectivity index (χ0v) is 22.6. The van der Waals surface area contributed by atoms with E-state index in [4.69, 9.17) is 9.47 Å². The van der Waals surface area contributed by atoms with Gasteiger partial charge in [0.25, 0.3) is 0 Å². The quantitative estimate of drug-likeness (QED) is 0.342. The highest BCUT2D eigenvalue weighted by molar-refractivity contribution is 6.02. The lowest BCUT2D eigenvalue weighted by Gasteiger charge is -2.35. The van der Waals surface area contributed by atoms with E-state index in [0.717, 1.165) is 49.7 Å². The van der Waals surface area contributed by atoms with Crippen LogP contribution in [0.15, 0.2) is 61.3 Å². The molecule has 0 spiro atoms. The van der Waals surface area contributed by atoms with Crippen molar-refractivity contribution in [3.8, 4) is 17.6 Å². The molecule has 2 aromatic carbocycles. The van der Waals surface area contributed by atoms with Crippen molar-refractivity contribution in [1.29, 1.82) is 5.26 Å². The van der Waals surface area contributed by atoms with Crippen LogP contribution in [0.3, 0.4) is 0 Å². The minimum atomic E-state index is -0.300. The molecule has 2 aliphatic heterocycles. The Morgan fingerprint density at radius 1 is 1.05 bits per heavy atom. The average molecular weight is 540 g/mol. The molecule has 3 aromatic rings. The van der Waals surface area contributed by atoms with Crippen LogP contribution in [0.2, 0.25) is 0 Å². The minimum Gasteiger partial charge on any atom is -0.486 e. The van der Waals surface area contributed by atoms with Crippen molar-refractivity contribution in [2.45, 2.75) is 13.5 Å². The van der Waals surface area contributed by atoms with Crippen molar-refractivity contribution in [3.63, 3.8) is 0 Å². The summed E-state index contributed by atoms with van der Waals surface area (Å²) in [4.78, 5) is 21.4. The number of carbonyl (C=O) groups is 1. The third kappa shape index (κ3) is 6.27. The molecular weight excluding hydrogens is 506 g/mol. The van der Waals surface area contributed by atoms with Gasteiger partial charge in [-0.1, -0.05) is 19.6 Å². The highest BCUT2D eigenvalue weighted by atomic mass is 16.6. The molecule has 1 fully saturated rings. The van der Waals surface area contributed by atoms with Gasteiger partial charge in [0.2, 0.25) is 5.91 Å². The Balaban J connectivity index is 1.34. The van der Waals surface area contributed by atoms with Crippen molar-refractivity contribution in [2.75, 3.05) is 66.8 Å². The van der Waals surface area contributed by atoms with Crippen LogP contribution in [0.4, 0.5) is 28.6 Å². The molecule has 1 aromatic heterocycles. The second-order valence-corrected chi connectivity index (χ2v) is 9.53. The lowest BCUT2D eigenvalue weighted by atomic mass is 10.1. The van der Waals surface area contributed by atoms with Crippen LogP contribution < -0.4 is 30.3 Å². The second-order valence-electron chi connectivity index (χ2n) is 9.53. The smallest absolute Gasteiger partial charge is 0.247 e. The highest BCUT2D eigenvalue weighted by Gasteiger charge is 2.18. The zero-order valence-electron chi connectivity index (χ0n) is 22.6. The Bertz CT molecular complexity index is 1430. The van der Waals surface area contributed by atoms with Crippen LogP contribution in [-0.2, 0) is 11.3 Å². The number of amides is 1. The summed E-state index contributed by atoms with van der Waals surface area (Å²) in [6.45, 7) is 12.2. The number of carbonyl (C=O) groups excluding carboxylic acids is 1. The third-order valence-electron chi connectivity index (χ3n) is 7.01. The molecule has 0 aliphatic carbocycles. The van der Waals surface area contributed by atoms with Gasteiger partial charge in [0.1, 0.15) is 25.1 Å². The van der Waals surface area contributed by atoms with Gasteiger partial charge in [-0.3, -0.25) is 4.79 Å². The molecule has 5 rings (SSSR count). The number of pyridine rings is 1. The van der Waals surface area contributed by atoms with E-state index < -0.39 is 0 Å². The summed E-state index contributed by atoms with van der Waals surface area (Å²) in [6.07, 6.45) is 2.77. The van der Waals surface area contributed by atoms with Crippen LogP contribution in [-0.4, -0.2) is 61.7 Å². The van der Waals surface area contributed by atoms with Gasteiger partial charge in [-0.2, -0.15) is 5.26 Å². The van der Waals surface area contributed by atoms with Crippen molar-refractivity contribution in [2.24, 2.45) is 0 Å². The molecular formula is C30H33N7O3. The third-order valence-corrected chi connectivity index (χ3v) is 7.01. The number of ether oxygens (including phenoxy) is 2. The number of nitrogens with zero attached hydrogens (tertiary/aromatic N) is 4. The SMILES string of the molecule is C=CC(=O)Nc1cc(N2CCN(CC)CC2)ccc1Nc1cc(NCc2ccc3c(c2)OCCO3)c(C#N)cn1.